The molecule has 0 saturated carbocycles. The smallest absolute Gasteiger partial charge is 0.258 e. The Morgan fingerprint density at radius 2 is 2.26 bits per heavy atom. The fourth-order valence-corrected chi connectivity index (χ4v) is 1.78. The fraction of sp³-hybridized carbons (Fsp3) is 0.333. The van der Waals surface area contributed by atoms with Crippen molar-refractivity contribution < 1.29 is 14.3 Å². The van der Waals surface area contributed by atoms with E-state index in [9.17, 15) is 4.79 Å². The number of rotatable bonds is 7. The van der Waals surface area contributed by atoms with E-state index in [4.69, 9.17) is 39.0 Å². The molecule has 0 spiro atoms. The predicted molar refractivity (Wildman–Crippen MR) is 77.7 cm³/mol. The van der Waals surface area contributed by atoms with Crippen LogP contribution in [-0.2, 0) is 9.53 Å². The molecule has 0 aliphatic heterocycles. The quantitative estimate of drug-likeness (QED) is 0.583. The lowest BCUT2D eigenvalue weighted by Crippen LogP contribution is -2.31. The molecule has 0 radical (unpaired) electrons. The second-order valence-corrected chi connectivity index (χ2v) is 4.48. The van der Waals surface area contributed by atoms with Crippen LogP contribution in [-0.4, -0.2) is 37.8 Å². The Morgan fingerprint density at radius 1 is 1.53 bits per heavy atom. The first-order valence-electron chi connectivity index (χ1n) is 5.52. The molecule has 0 saturated heterocycles. The number of nitrogens with one attached hydrogen (secondary N) is 1. The van der Waals surface area contributed by atoms with E-state index in [0.29, 0.717) is 29.5 Å². The average molecular weight is 303 g/mol. The molecule has 1 amide bonds. The summed E-state index contributed by atoms with van der Waals surface area (Å²) in [6, 6.07) is 4.88. The van der Waals surface area contributed by atoms with Gasteiger partial charge in [0, 0.05) is 19.2 Å². The number of carbonyl (C=O) groups excluding carboxylic acids is 1. The Hall–Kier alpha value is -1.37. The van der Waals surface area contributed by atoms with Crippen molar-refractivity contribution in [3.63, 3.8) is 0 Å². The van der Waals surface area contributed by atoms with Crippen molar-refractivity contribution in [1.82, 2.24) is 5.32 Å². The van der Waals surface area contributed by atoms with Gasteiger partial charge in [-0.2, -0.15) is 0 Å². The van der Waals surface area contributed by atoms with Crippen molar-refractivity contribution >= 4 is 34.7 Å². The number of halogens is 1. The van der Waals surface area contributed by atoms with Crippen LogP contribution in [0, 0.1) is 0 Å². The zero-order valence-corrected chi connectivity index (χ0v) is 12.0. The van der Waals surface area contributed by atoms with Gasteiger partial charge in [-0.3, -0.25) is 4.79 Å². The SMILES string of the molecule is COCCNC(=O)COc1ccc(C(N)=S)c(Cl)c1. The molecule has 0 fully saturated rings. The van der Waals surface area contributed by atoms with Crippen molar-refractivity contribution in [1.29, 1.82) is 0 Å². The predicted octanol–water partition coefficient (Wildman–Crippen LogP) is 1.12. The monoisotopic (exact) mass is 302 g/mol. The highest BCUT2D eigenvalue weighted by Gasteiger charge is 2.06. The van der Waals surface area contributed by atoms with Crippen LogP contribution in [0.15, 0.2) is 18.2 Å². The van der Waals surface area contributed by atoms with Crippen LogP contribution in [0.4, 0.5) is 0 Å². The number of hydrogen-bond acceptors (Lipinski definition) is 4. The first-order valence-corrected chi connectivity index (χ1v) is 6.31. The number of hydrogen-bond donors (Lipinski definition) is 2. The van der Waals surface area contributed by atoms with Crippen molar-refractivity contribution in [2.75, 3.05) is 26.9 Å². The lowest BCUT2D eigenvalue weighted by atomic mass is 10.2. The van der Waals surface area contributed by atoms with Gasteiger partial charge < -0.3 is 20.5 Å². The number of carbonyl (C=O) groups is 1. The summed E-state index contributed by atoms with van der Waals surface area (Å²) in [5, 5.41) is 3.03. The number of methoxy groups -OCH3 is 1. The second-order valence-electron chi connectivity index (χ2n) is 3.64. The Balaban J connectivity index is 2.48. The van der Waals surface area contributed by atoms with E-state index in [2.05, 4.69) is 5.32 Å². The van der Waals surface area contributed by atoms with Crippen molar-refractivity contribution in [2.45, 2.75) is 0 Å². The maximum atomic E-state index is 11.4. The lowest BCUT2D eigenvalue weighted by molar-refractivity contribution is -0.123. The summed E-state index contributed by atoms with van der Waals surface area (Å²) in [6.45, 7) is 0.812. The van der Waals surface area contributed by atoms with Gasteiger partial charge in [-0.25, -0.2) is 0 Å². The summed E-state index contributed by atoms with van der Waals surface area (Å²) in [5.41, 5.74) is 6.06. The minimum atomic E-state index is -0.230. The average Bonchev–Trinajstić information content (AvgIpc) is 2.36. The second kappa shape index (κ2) is 7.93. The minimum Gasteiger partial charge on any atom is -0.484 e. The Morgan fingerprint density at radius 3 is 2.84 bits per heavy atom. The molecule has 104 valence electrons. The van der Waals surface area contributed by atoms with E-state index in [-0.39, 0.29) is 17.5 Å². The molecule has 1 aromatic rings. The summed E-state index contributed by atoms with van der Waals surface area (Å²) >= 11 is 10.8. The molecule has 1 aromatic carbocycles. The standard InChI is InChI=1S/C12H15ClN2O3S/c1-17-5-4-15-11(16)7-18-8-2-3-9(12(14)19)10(13)6-8/h2-3,6H,4-5,7H2,1H3,(H2,14,19)(H,15,16). The van der Waals surface area contributed by atoms with Crippen LogP contribution < -0.4 is 15.8 Å². The molecule has 1 rings (SSSR count). The molecule has 0 bridgehead atoms. The molecule has 19 heavy (non-hydrogen) atoms. The van der Waals surface area contributed by atoms with Crippen LogP contribution in [0.3, 0.4) is 0 Å². The van der Waals surface area contributed by atoms with E-state index in [1.807, 2.05) is 0 Å². The van der Waals surface area contributed by atoms with Gasteiger partial charge in [-0.15, -0.1) is 0 Å². The normalized spacial score (nSPS) is 10.0. The van der Waals surface area contributed by atoms with Crippen LogP contribution in [0.25, 0.3) is 0 Å². The number of benzene rings is 1. The van der Waals surface area contributed by atoms with Crippen LogP contribution in [0.1, 0.15) is 5.56 Å². The largest absolute Gasteiger partial charge is 0.484 e. The number of amides is 1. The van der Waals surface area contributed by atoms with Crippen molar-refractivity contribution in [3.05, 3.63) is 28.8 Å². The zero-order chi connectivity index (χ0) is 14.3. The first kappa shape index (κ1) is 15.7. The molecular weight excluding hydrogens is 288 g/mol. The van der Waals surface area contributed by atoms with Gasteiger partial charge in [-0.1, -0.05) is 23.8 Å². The lowest BCUT2D eigenvalue weighted by Gasteiger charge is -2.09. The number of nitrogens with two attached hydrogens (primary N) is 1. The summed E-state index contributed by atoms with van der Waals surface area (Å²) in [6.07, 6.45) is 0. The van der Waals surface area contributed by atoms with E-state index >= 15 is 0 Å². The maximum Gasteiger partial charge on any atom is 0.258 e. The van der Waals surface area contributed by atoms with E-state index in [0.717, 1.165) is 0 Å². The molecule has 7 heteroatoms. The molecule has 0 aromatic heterocycles. The third-order valence-corrected chi connectivity index (χ3v) is 2.74. The highest BCUT2D eigenvalue weighted by atomic mass is 35.5. The number of thiocarbonyl (C=S) groups is 1. The van der Waals surface area contributed by atoms with Gasteiger partial charge in [0.2, 0.25) is 0 Å². The van der Waals surface area contributed by atoms with Crippen LogP contribution in [0.5, 0.6) is 5.75 Å². The summed E-state index contributed by atoms with van der Waals surface area (Å²) < 4.78 is 10.1. The Bertz CT molecular complexity index is 468. The highest BCUT2D eigenvalue weighted by molar-refractivity contribution is 7.80. The maximum absolute atomic E-state index is 11.4. The van der Waals surface area contributed by atoms with E-state index in [1.165, 1.54) is 0 Å². The van der Waals surface area contributed by atoms with Gasteiger partial charge >= 0.3 is 0 Å². The molecule has 0 aliphatic rings. The Kier molecular flexibility index (Phi) is 6.55. The molecule has 3 N–H and O–H groups in total. The molecule has 0 heterocycles. The summed E-state index contributed by atoms with van der Waals surface area (Å²) in [7, 11) is 1.56. The van der Waals surface area contributed by atoms with Crippen molar-refractivity contribution in [3.8, 4) is 5.75 Å². The van der Waals surface area contributed by atoms with Crippen molar-refractivity contribution in [2.24, 2.45) is 5.73 Å². The van der Waals surface area contributed by atoms with Gasteiger partial charge in [0.15, 0.2) is 6.61 Å². The summed E-state index contributed by atoms with van der Waals surface area (Å²) in [5.74, 6) is 0.249. The third kappa shape index (κ3) is 5.42. The van der Waals surface area contributed by atoms with Gasteiger partial charge in [0.25, 0.3) is 5.91 Å². The third-order valence-electron chi connectivity index (χ3n) is 2.20. The van der Waals surface area contributed by atoms with Gasteiger partial charge in [0.05, 0.1) is 11.6 Å². The summed E-state index contributed by atoms with van der Waals surface area (Å²) in [4.78, 5) is 11.6. The van der Waals surface area contributed by atoms with Crippen LogP contribution >= 0.6 is 23.8 Å². The van der Waals surface area contributed by atoms with E-state index in [1.54, 1.807) is 25.3 Å². The molecule has 0 unspecified atom stereocenters. The van der Waals surface area contributed by atoms with Gasteiger partial charge in [-0.05, 0) is 18.2 Å². The first-order chi connectivity index (χ1) is 9.04. The van der Waals surface area contributed by atoms with Gasteiger partial charge in [0.1, 0.15) is 10.7 Å². The van der Waals surface area contributed by atoms with E-state index < -0.39 is 0 Å². The molecule has 0 aliphatic carbocycles. The zero-order valence-electron chi connectivity index (χ0n) is 10.4. The molecule has 5 nitrogen and oxygen atoms in total. The Labute approximate surface area is 122 Å². The van der Waals surface area contributed by atoms with Crippen LogP contribution in [0.2, 0.25) is 5.02 Å². The fourth-order valence-electron chi connectivity index (χ4n) is 1.28. The topological polar surface area (TPSA) is 73.6 Å². The number of ether oxygens (including phenoxy) is 2. The molecule has 0 atom stereocenters. The molecular formula is C12H15ClN2O3S. The minimum absolute atomic E-state index is 0.0908. The highest BCUT2D eigenvalue weighted by Crippen LogP contribution is 2.22.